The molecule has 0 aliphatic carbocycles. The van der Waals surface area contributed by atoms with Crippen molar-refractivity contribution in [1.29, 1.82) is 0 Å². The third kappa shape index (κ3) is 33.1. The number of rotatable bonds is 40. The minimum atomic E-state index is -0.702. The zero-order valence-electron chi connectivity index (χ0n) is 34.5. The minimum Gasteiger partial charge on any atom is -0.481 e. The molecule has 1 aliphatic heterocycles. The number of nitrogens with zero attached hydrogens (tertiary/aromatic N) is 1. The van der Waals surface area contributed by atoms with Gasteiger partial charge < -0.3 is 50.6 Å². The first-order valence-corrected chi connectivity index (χ1v) is 21.1. The summed E-state index contributed by atoms with van der Waals surface area (Å²) in [6, 6.07) is 0. The van der Waals surface area contributed by atoms with E-state index >= 15 is 0 Å². The first-order valence-electron chi connectivity index (χ1n) is 21.1. The van der Waals surface area contributed by atoms with Crippen LogP contribution in [0.25, 0.3) is 0 Å². The second kappa shape index (κ2) is 36.7. The monoisotopic (exact) mass is 813 g/mol. The van der Waals surface area contributed by atoms with Crippen molar-refractivity contribution in [3.05, 3.63) is 0 Å². The standard InChI is InChI=1S/C40H72N6O11/c1-2-33-27-43-34(33)28-44-37(49)30-46-39(51)32-57-26-24-55-22-20-42-38(50)31-56-25-23-54-21-19-41-36(48)29-45-35(47)17-15-13-11-9-7-5-3-4-6-8-10-12-14-16-18-40(52)53/h33H,2-32H2,1H3,(H,41,48)(H,42,50)(H,44,49)(H,45,47)(H,46,51)(H,52,53). The van der Waals surface area contributed by atoms with Crippen molar-refractivity contribution in [2.24, 2.45) is 10.9 Å². The number of amides is 5. The van der Waals surface area contributed by atoms with Gasteiger partial charge in [0.25, 0.3) is 0 Å². The molecule has 0 aromatic rings. The average Bonchev–Trinajstić information content (AvgIpc) is 3.17. The molecule has 17 nitrogen and oxygen atoms in total. The highest BCUT2D eigenvalue weighted by atomic mass is 16.5. The van der Waals surface area contributed by atoms with Crippen LogP contribution < -0.4 is 26.6 Å². The molecule has 0 radical (unpaired) electrons. The first kappa shape index (κ1) is 51.3. The lowest BCUT2D eigenvalue weighted by Gasteiger charge is -2.24. The predicted octanol–water partition coefficient (Wildman–Crippen LogP) is 2.44. The summed E-state index contributed by atoms with van der Waals surface area (Å²) < 4.78 is 21.3. The van der Waals surface area contributed by atoms with Crippen LogP contribution in [0.4, 0.5) is 0 Å². The first-order chi connectivity index (χ1) is 27.7. The fourth-order valence-electron chi connectivity index (χ4n) is 5.75. The maximum atomic E-state index is 12.0. The van der Waals surface area contributed by atoms with Gasteiger partial charge in [-0.05, 0) is 19.3 Å². The normalized spacial score (nSPS) is 13.3. The van der Waals surface area contributed by atoms with E-state index in [2.05, 4.69) is 38.5 Å². The number of carbonyl (C=O) groups is 6. The van der Waals surface area contributed by atoms with E-state index in [1.807, 2.05) is 0 Å². The number of aliphatic carboxylic acids is 1. The lowest BCUT2D eigenvalue weighted by Crippen LogP contribution is -2.43. The molecule has 0 saturated carbocycles. The third-order valence-corrected chi connectivity index (χ3v) is 9.23. The topological polar surface area (TPSA) is 232 Å². The number of unbranched alkanes of at least 4 members (excludes halogenated alkanes) is 13. The zero-order valence-corrected chi connectivity index (χ0v) is 34.5. The van der Waals surface area contributed by atoms with Gasteiger partial charge in [0.2, 0.25) is 29.5 Å². The number of hydrogen-bond acceptors (Lipinski definition) is 11. The van der Waals surface area contributed by atoms with Crippen LogP contribution in [-0.2, 0) is 47.7 Å². The zero-order chi connectivity index (χ0) is 41.6. The Labute approximate surface area is 339 Å². The van der Waals surface area contributed by atoms with E-state index in [9.17, 15) is 28.8 Å². The van der Waals surface area contributed by atoms with Crippen molar-refractivity contribution in [1.82, 2.24) is 26.6 Å². The fourth-order valence-corrected chi connectivity index (χ4v) is 5.75. The van der Waals surface area contributed by atoms with Gasteiger partial charge in [0.05, 0.1) is 59.3 Å². The summed E-state index contributed by atoms with van der Waals surface area (Å²) in [4.78, 5) is 74.3. The number of carboxylic acid groups (broad SMARTS) is 1. The molecular weight excluding hydrogens is 740 g/mol. The van der Waals surface area contributed by atoms with Gasteiger partial charge in [-0.3, -0.25) is 33.8 Å². The van der Waals surface area contributed by atoms with Gasteiger partial charge in [-0.15, -0.1) is 0 Å². The summed E-state index contributed by atoms with van der Waals surface area (Å²) in [6.45, 7) is 4.76. The van der Waals surface area contributed by atoms with Crippen molar-refractivity contribution < 1.29 is 52.8 Å². The van der Waals surface area contributed by atoms with Gasteiger partial charge in [0.1, 0.15) is 13.2 Å². The van der Waals surface area contributed by atoms with Gasteiger partial charge in [-0.25, -0.2) is 0 Å². The van der Waals surface area contributed by atoms with Crippen LogP contribution in [0.1, 0.15) is 116 Å². The summed E-state index contributed by atoms with van der Waals surface area (Å²) in [7, 11) is 0. The van der Waals surface area contributed by atoms with Gasteiger partial charge in [0, 0.05) is 44.1 Å². The van der Waals surface area contributed by atoms with Gasteiger partial charge in [-0.1, -0.05) is 84.0 Å². The van der Waals surface area contributed by atoms with Crippen molar-refractivity contribution in [2.75, 3.05) is 92.1 Å². The molecule has 0 spiro atoms. The summed E-state index contributed by atoms with van der Waals surface area (Å²) >= 11 is 0. The predicted molar refractivity (Wildman–Crippen MR) is 216 cm³/mol. The Kier molecular flexibility index (Phi) is 33.0. The molecule has 0 aromatic carbocycles. The lowest BCUT2D eigenvalue weighted by molar-refractivity contribution is -0.137. The Hall–Kier alpha value is -3.67. The molecule has 0 aromatic heterocycles. The lowest BCUT2D eigenvalue weighted by atomic mass is 9.95. The molecule has 0 saturated heterocycles. The van der Waals surface area contributed by atoms with E-state index in [-0.39, 0.29) is 103 Å². The largest absolute Gasteiger partial charge is 0.481 e. The quantitative estimate of drug-likeness (QED) is 0.0492. The maximum absolute atomic E-state index is 12.0. The van der Waals surface area contributed by atoms with Gasteiger partial charge in [-0.2, -0.15) is 0 Å². The third-order valence-electron chi connectivity index (χ3n) is 9.23. The Morgan fingerprint density at radius 3 is 1.42 bits per heavy atom. The highest BCUT2D eigenvalue weighted by Gasteiger charge is 2.21. The molecule has 1 unspecified atom stereocenters. The van der Waals surface area contributed by atoms with Crippen LogP contribution in [0.5, 0.6) is 0 Å². The molecule has 5 amide bonds. The Balaban J connectivity index is 1.78. The van der Waals surface area contributed by atoms with Crippen LogP contribution in [0, 0.1) is 5.92 Å². The summed E-state index contributed by atoms with van der Waals surface area (Å²) in [5, 5.41) is 21.9. The van der Waals surface area contributed by atoms with Gasteiger partial charge >= 0.3 is 5.97 Å². The summed E-state index contributed by atoms with van der Waals surface area (Å²) in [5.74, 6) is -1.66. The minimum absolute atomic E-state index is 0.0705. The average molecular weight is 813 g/mol. The molecule has 0 fully saturated rings. The summed E-state index contributed by atoms with van der Waals surface area (Å²) in [5.41, 5.74) is 0.992. The van der Waals surface area contributed by atoms with Crippen LogP contribution in [0.2, 0.25) is 0 Å². The molecule has 328 valence electrons. The smallest absolute Gasteiger partial charge is 0.303 e. The van der Waals surface area contributed by atoms with Crippen molar-refractivity contribution in [3.8, 4) is 0 Å². The van der Waals surface area contributed by atoms with E-state index in [0.717, 1.165) is 57.2 Å². The molecule has 57 heavy (non-hydrogen) atoms. The van der Waals surface area contributed by atoms with Crippen LogP contribution in [0.3, 0.4) is 0 Å². The Bertz CT molecular complexity index is 1160. The van der Waals surface area contributed by atoms with E-state index < -0.39 is 11.9 Å². The second-order valence-electron chi connectivity index (χ2n) is 14.1. The molecular formula is C40H72N6O11. The number of carboxylic acids is 1. The molecule has 0 bridgehead atoms. The summed E-state index contributed by atoms with van der Waals surface area (Å²) in [6.07, 6.45) is 17.4. The molecule has 1 atom stereocenters. The van der Waals surface area contributed by atoms with Crippen LogP contribution >= 0.6 is 0 Å². The van der Waals surface area contributed by atoms with Crippen molar-refractivity contribution in [3.63, 3.8) is 0 Å². The number of aliphatic imine (C=N–C) groups is 1. The van der Waals surface area contributed by atoms with Crippen molar-refractivity contribution >= 4 is 41.2 Å². The molecule has 1 rings (SSSR count). The SMILES string of the molecule is CCC1CN=C1CNC(=O)CNC(=O)COCCOCCNC(=O)COCCOCCNC(=O)CNC(=O)CCCCCCCCCCCCCCCCC(=O)O. The molecule has 6 N–H and O–H groups in total. The van der Waals surface area contributed by atoms with E-state index in [0.29, 0.717) is 25.4 Å². The van der Waals surface area contributed by atoms with E-state index in [1.54, 1.807) is 0 Å². The van der Waals surface area contributed by atoms with E-state index in [4.69, 9.17) is 24.1 Å². The highest BCUT2D eigenvalue weighted by molar-refractivity contribution is 5.95. The Morgan fingerprint density at radius 1 is 0.526 bits per heavy atom. The maximum Gasteiger partial charge on any atom is 0.303 e. The van der Waals surface area contributed by atoms with Crippen LogP contribution in [-0.4, -0.2) is 138 Å². The molecule has 1 heterocycles. The Morgan fingerprint density at radius 2 is 0.947 bits per heavy atom. The molecule has 1 aliphatic rings. The number of ether oxygens (including phenoxy) is 4. The second-order valence-corrected chi connectivity index (χ2v) is 14.1. The number of carbonyl (C=O) groups excluding carboxylic acids is 5. The van der Waals surface area contributed by atoms with Crippen LogP contribution in [0.15, 0.2) is 4.99 Å². The number of hydrogen-bond donors (Lipinski definition) is 6. The van der Waals surface area contributed by atoms with Gasteiger partial charge in [0.15, 0.2) is 0 Å². The fraction of sp³-hybridized carbons (Fsp3) is 0.825. The highest BCUT2D eigenvalue weighted by Crippen LogP contribution is 2.15. The van der Waals surface area contributed by atoms with Crippen molar-refractivity contribution in [2.45, 2.75) is 116 Å². The van der Waals surface area contributed by atoms with E-state index in [1.165, 1.54) is 51.4 Å². The number of nitrogens with one attached hydrogen (secondary N) is 5. The molecule has 17 heteroatoms.